The average Bonchev–Trinajstić information content (AvgIpc) is 2.26. The Bertz CT molecular complexity index is 288. The summed E-state index contributed by atoms with van der Waals surface area (Å²) in [5.74, 6) is 0.276. The number of rotatable bonds is 6. The van der Waals surface area contributed by atoms with E-state index in [-0.39, 0.29) is 5.90 Å². The molecule has 0 bridgehead atoms. The molecule has 1 heterocycles. The molecular weight excluding hydrogens is 192 g/mol. The second-order valence-corrected chi connectivity index (χ2v) is 2.98. The summed E-state index contributed by atoms with van der Waals surface area (Å²) in [6.45, 7) is 3.39. The summed E-state index contributed by atoms with van der Waals surface area (Å²) in [5, 5.41) is 7.35. The fourth-order valence-corrected chi connectivity index (χ4v) is 1.07. The molecular formula is C11H16N2O2. The smallest absolute Gasteiger partial charge is 0.182 e. The monoisotopic (exact) mass is 208 g/mol. The highest BCUT2D eigenvalue weighted by molar-refractivity contribution is 5.72. The van der Waals surface area contributed by atoms with Gasteiger partial charge in [0.1, 0.15) is 0 Å². The minimum absolute atomic E-state index is 0.276. The van der Waals surface area contributed by atoms with Crippen LogP contribution >= 0.6 is 0 Å². The van der Waals surface area contributed by atoms with Crippen molar-refractivity contribution in [2.24, 2.45) is 0 Å². The molecule has 82 valence electrons. The molecule has 0 aliphatic rings. The zero-order chi connectivity index (χ0) is 10.9. The predicted molar refractivity (Wildman–Crippen MR) is 57.9 cm³/mol. The van der Waals surface area contributed by atoms with Crippen molar-refractivity contribution in [2.45, 2.75) is 20.0 Å². The van der Waals surface area contributed by atoms with E-state index in [0.717, 1.165) is 5.69 Å². The second kappa shape index (κ2) is 6.95. The third-order valence-corrected chi connectivity index (χ3v) is 1.77. The van der Waals surface area contributed by atoms with Gasteiger partial charge < -0.3 is 9.47 Å². The van der Waals surface area contributed by atoms with Gasteiger partial charge in [-0.05, 0) is 19.1 Å². The first-order valence-corrected chi connectivity index (χ1v) is 5.00. The van der Waals surface area contributed by atoms with Crippen molar-refractivity contribution in [3.63, 3.8) is 0 Å². The van der Waals surface area contributed by atoms with Crippen LogP contribution in [0, 0.1) is 5.41 Å². The molecule has 4 heteroatoms. The average molecular weight is 208 g/mol. The van der Waals surface area contributed by atoms with Crippen LogP contribution in [0.5, 0.6) is 0 Å². The SMILES string of the molecule is CCOC(=N)CCOCc1ccccn1. The van der Waals surface area contributed by atoms with Crippen molar-refractivity contribution in [3.05, 3.63) is 30.1 Å². The van der Waals surface area contributed by atoms with Crippen molar-refractivity contribution in [2.75, 3.05) is 13.2 Å². The Hall–Kier alpha value is -1.42. The molecule has 0 saturated carbocycles. The first kappa shape index (κ1) is 11.7. The van der Waals surface area contributed by atoms with E-state index in [1.807, 2.05) is 25.1 Å². The minimum atomic E-state index is 0.276. The first-order chi connectivity index (χ1) is 7.33. The Morgan fingerprint density at radius 2 is 2.33 bits per heavy atom. The zero-order valence-electron chi connectivity index (χ0n) is 8.90. The van der Waals surface area contributed by atoms with E-state index in [1.165, 1.54) is 0 Å². The normalized spacial score (nSPS) is 9.93. The molecule has 0 amide bonds. The molecule has 0 aliphatic carbocycles. The third-order valence-electron chi connectivity index (χ3n) is 1.77. The van der Waals surface area contributed by atoms with Gasteiger partial charge >= 0.3 is 0 Å². The Balaban J connectivity index is 2.10. The molecule has 0 atom stereocenters. The van der Waals surface area contributed by atoms with E-state index in [4.69, 9.17) is 14.9 Å². The minimum Gasteiger partial charge on any atom is -0.481 e. The van der Waals surface area contributed by atoms with Crippen LogP contribution in [-0.2, 0) is 16.1 Å². The fraction of sp³-hybridized carbons (Fsp3) is 0.455. The Morgan fingerprint density at radius 3 is 3.00 bits per heavy atom. The molecule has 15 heavy (non-hydrogen) atoms. The number of ether oxygens (including phenoxy) is 2. The van der Waals surface area contributed by atoms with E-state index in [0.29, 0.717) is 26.2 Å². The van der Waals surface area contributed by atoms with Crippen LogP contribution < -0.4 is 0 Å². The molecule has 0 aromatic carbocycles. The van der Waals surface area contributed by atoms with Gasteiger partial charge in [0.05, 0.1) is 25.5 Å². The van der Waals surface area contributed by atoms with Crippen molar-refractivity contribution in [1.82, 2.24) is 4.98 Å². The molecule has 1 rings (SSSR count). The summed E-state index contributed by atoms with van der Waals surface area (Å²) >= 11 is 0. The summed E-state index contributed by atoms with van der Waals surface area (Å²) in [5.41, 5.74) is 0.903. The van der Waals surface area contributed by atoms with Gasteiger partial charge in [-0.2, -0.15) is 0 Å². The lowest BCUT2D eigenvalue weighted by Crippen LogP contribution is -2.07. The van der Waals surface area contributed by atoms with Gasteiger partial charge in [-0.25, -0.2) is 0 Å². The maximum Gasteiger partial charge on any atom is 0.182 e. The molecule has 4 nitrogen and oxygen atoms in total. The Labute approximate surface area is 89.8 Å². The first-order valence-electron chi connectivity index (χ1n) is 5.00. The molecule has 1 aromatic rings. The van der Waals surface area contributed by atoms with Crippen LogP contribution in [0.4, 0.5) is 0 Å². The number of pyridine rings is 1. The maximum absolute atomic E-state index is 7.35. The van der Waals surface area contributed by atoms with Gasteiger partial charge in [-0.15, -0.1) is 0 Å². The summed E-state index contributed by atoms with van der Waals surface area (Å²) in [4.78, 5) is 4.12. The topological polar surface area (TPSA) is 55.2 Å². The summed E-state index contributed by atoms with van der Waals surface area (Å²) in [6, 6.07) is 5.70. The third kappa shape index (κ3) is 5.12. The summed E-state index contributed by atoms with van der Waals surface area (Å²) in [6.07, 6.45) is 2.25. The van der Waals surface area contributed by atoms with Crippen molar-refractivity contribution < 1.29 is 9.47 Å². The Morgan fingerprint density at radius 1 is 1.47 bits per heavy atom. The number of aromatic nitrogens is 1. The molecule has 0 fully saturated rings. The van der Waals surface area contributed by atoms with Gasteiger partial charge in [0.25, 0.3) is 0 Å². The Kier molecular flexibility index (Phi) is 5.40. The van der Waals surface area contributed by atoms with Crippen molar-refractivity contribution in [3.8, 4) is 0 Å². The highest BCUT2D eigenvalue weighted by Crippen LogP contribution is 1.97. The van der Waals surface area contributed by atoms with Crippen LogP contribution in [-0.4, -0.2) is 24.1 Å². The fourth-order valence-electron chi connectivity index (χ4n) is 1.07. The van der Waals surface area contributed by atoms with Crippen LogP contribution in [0.25, 0.3) is 0 Å². The molecule has 1 aromatic heterocycles. The zero-order valence-corrected chi connectivity index (χ0v) is 8.90. The summed E-state index contributed by atoms with van der Waals surface area (Å²) in [7, 11) is 0. The van der Waals surface area contributed by atoms with Gasteiger partial charge in [-0.1, -0.05) is 6.07 Å². The van der Waals surface area contributed by atoms with Crippen LogP contribution in [0.3, 0.4) is 0 Å². The number of hydrogen-bond acceptors (Lipinski definition) is 4. The standard InChI is InChI=1S/C11H16N2O2/c1-2-15-11(12)6-8-14-9-10-5-3-4-7-13-10/h3-5,7,12H,2,6,8-9H2,1H3. The molecule has 0 saturated heterocycles. The van der Waals surface area contributed by atoms with Crippen molar-refractivity contribution in [1.29, 1.82) is 5.41 Å². The van der Waals surface area contributed by atoms with E-state index in [2.05, 4.69) is 4.98 Å². The maximum atomic E-state index is 7.35. The molecule has 0 aliphatic heterocycles. The van der Waals surface area contributed by atoms with Gasteiger partial charge in [0, 0.05) is 12.6 Å². The van der Waals surface area contributed by atoms with Crippen LogP contribution in [0.15, 0.2) is 24.4 Å². The quantitative estimate of drug-likeness (QED) is 0.442. The molecule has 1 N–H and O–H groups in total. The molecule has 0 unspecified atom stereocenters. The lowest BCUT2D eigenvalue weighted by molar-refractivity contribution is 0.120. The van der Waals surface area contributed by atoms with Crippen LogP contribution in [0.2, 0.25) is 0 Å². The van der Waals surface area contributed by atoms with Crippen LogP contribution in [0.1, 0.15) is 19.0 Å². The van der Waals surface area contributed by atoms with E-state index >= 15 is 0 Å². The van der Waals surface area contributed by atoms with Gasteiger partial charge in [-0.3, -0.25) is 10.4 Å². The van der Waals surface area contributed by atoms with E-state index in [9.17, 15) is 0 Å². The number of nitrogens with one attached hydrogen (secondary N) is 1. The summed E-state index contributed by atoms with van der Waals surface area (Å²) < 4.78 is 10.3. The van der Waals surface area contributed by atoms with Gasteiger partial charge in [0.15, 0.2) is 5.90 Å². The second-order valence-electron chi connectivity index (χ2n) is 2.98. The lowest BCUT2D eigenvalue weighted by Gasteiger charge is -2.05. The van der Waals surface area contributed by atoms with Crippen molar-refractivity contribution >= 4 is 5.90 Å². The molecule has 0 spiro atoms. The number of nitrogens with zero attached hydrogens (tertiary/aromatic N) is 1. The lowest BCUT2D eigenvalue weighted by atomic mass is 10.4. The molecule has 0 radical (unpaired) electrons. The highest BCUT2D eigenvalue weighted by Gasteiger charge is 1.97. The largest absolute Gasteiger partial charge is 0.481 e. The number of hydrogen-bond donors (Lipinski definition) is 1. The van der Waals surface area contributed by atoms with Gasteiger partial charge in [0.2, 0.25) is 0 Å². The van der Waals surface area contributed by atoms with E-state index < -0.39 is 0 Å². The highest BCUT2D eigenvalue weighted by atomic mass is 16.5. The van der Waals surface area contributed by atoms with E-state index in [1.54, 1.807) is 6.20 Å². The predicted octanol–water partition coefficient (Wildman–Crippen LogP) is 2.00.